The summed E-state index contributed by atoms with van der Waals surface area (Å²) >= 11 is 8.89. The molecule has 0 aliphatic heterocycles. The smallest absolute Gasteiger partial charge is 0.258 e. The molecule has 0 aliphatic rings. The Labute approximate surface area is 166 Å². The minimum Gasteiger partial charge on any atom is -0.332 e. The quantitative estimate of drug-likeness (QED) is 0.519. The first-order valence-corrected chi connectivity index (χ1v) is 9.44. The summed E-state index contributed by atoms with van der Waals surface area (Å²) in [6, 6.07) is 15.6. The molecule has 2 N–H and O–H groups in total. The normalized spacial score (nSPS) is 10.6. The third kappa shape index (κ3) is 3.79. The number of aryl methyl sites for hydroxylation is 3. The van der Waals surface area contributed by atoms with Crippen LogP contribution in [0.2, 0.25) is 0 Å². The van der Waals surface area contributed by atoms with Gasteiger partial charge >= 0.3 is 0 Å². The maximum Gasteiger partial charge on any atom is 0.258 e. The molecule has 0 atom stereocenters. The number of hydrogen-bond acceptors (Lipinski definition) is 2. The van der Waals surface area contributed by atoms with E-state index < -0.39 is 0 Å². The van der Waals surface area contributed by atoms with E-state index in [-0.39, 0.29) is 11.0 Å². The van der Waals surface area contributed by atoms with Crippen LogP contribution in [-0.4, -0.2) is 11.0 Å². The molecule has 5 heteroatoms. The second kappa shape index (κ2) is 7.56. The number of amides is 1. The zero-order valence-electron chi connectivity index (χ0n) is 14.8. The Bertz CT molecular complexity index is 1010. The van der Waals surface area contributed by atoms with Gasteiger partial charge < -0.3 is 5.32 Å². The first kappa shape index (κ1) is 18.5. The molecular weight excluding hydrogens is 408 g/mol. The van der Waals surface area contributed by atoms with Crippen molar-refractivity contribution in [3.05, 3.63) is 75.3 Å². The molecule has 0 radical (unpaired) electrons. The van der Waals surface area contributed by atoms with Crippen LogP contribution >= 0.6 is 28.1 Å². The van der Waals surface area contributed by atoms with E-state index in [1.807, 2.05) is 44.2 Å². The van der Waals surface area contributed by atoms with Gasteiger partial charge in [-0.1, -0.05) is 57.9 Å². The molecule has 0 heterocycles. The molecule has 0 bridgehead atoms. The SMILES string of the molecule is Cc1cc(C)c(NC(=S)NC(=O)c2cccc3c(Br)cccc23)c(C)c1. The number of carbonyl (C=O) groups is 1. The highest BCUT2D eigenvalue weighted by molar-refractivity contribution is 9.10. The molecule has 0 saturated carbocycles. The zero-order chi connectivity index (χ0) is 18.8. The van der Waals surface area contributed by atoms with Crippen molar-refractivity contribution in [2.45, 2.75) is 20.8 Å². The van der Waals surface area contributed by atoms with Crippen molar-refractivity contribution in [3.8, 4) is 0 Å². The van der Waals surface area contributed by atoms with Crippen LogP contribution in [-0.2, 0) is 0 Å². The summed E-state index contributed by atoms with van der Waals surface area (Å²) in [5.74, 6) is -0.228. The largest absolute Gasteiger partial charge is 0.332 e. The van der Waals surface area contributed by atoms with E-state index in [9.17, 15) is 4.79 Å². The van der Waals surface area contributed by atoms with Crippen LogP contribution in [0.5, 0.6) is 0 Å². The van der Waals surface area contributed by atoms with E-state index in [2.05, 4.69) is 45.6 Å². The second-order valence-corrected chi connectivity index (χ2v) is 7.59. The Morgan fingerprint density at radius 3 is 2.27 bits per heavy atom. The third-order valence-electron chi connectivity index (χ3n) is 4.26. The van der Waals surface area contributed by atoms with Gasteiger partial charge in [0.25, 0.3) is 5.91 Å². The lowest BCUT2D eigenvalue weighted by Crippen LogP contribution is -2.34. The monoisotopic (exact) mass is 426 g/mol. The Kier molecular flexibility index (Phi) is 5.39. The molecule has 3 aromatic rings. The van der Waals surface area contributed by atoms with E-state index in [0.29, 0.717) is 5.56 Å². The van der Waals surface area contributed by atoms with Gasteiger partial charge in [0, 0.05) is 15.7 Å². The number of hydrogen-bond donors (Lipinski definition) is 2. The molecule has 0 aromatic heterocycles. The van der Waals surface area contributed by atoms with E-state index in [4.69, 9.17) is 12.2 Å². The van der Waals surface area contributed by atoms with Crippen molar-refractivity contribution in [3.63, 3.8) is 0 Å². The number of anilines is 1. The van der Waals surface area contributed by atoms with Crippen molar-refractivity contribution in [1.29, 1.82) is 0 Å². The molecule has 132 valence electrons. The van der Waals surface area contributed by atoms with E-state index in [1.54, 1.807) is 6.07 Å². The van der Waals surface area contributed by atoms with Gasteiger partial charge in [-0.25, -0.2) is 0 Å². The average molecular weight is 427 g/mol. The minimum absolute atomic E-state index is 0.228. The highest BCUT2D eigenvalue weighted by Crippen LogP contribution is 2.26. The lowest BCUT2D eigenvalue weighted by Gasteiger charge is -2.15. The molecule has 26 heavy (non-hydrogen) atoms. The number of halogens is 1. The molecule has 1 amide bonds. The molecule has 3 aromatic carbocycles. The second-order valence-electron chi connectivity index (χ2n) is 6.32. The summed E-state index contributed by atoms with van der Waals surface area (Å²) in [4.78, 5) is 12.7. The van der Waals surface area contributed by atoms with Gasteiger partial charge in [-0.2, -0.15) is 0 Å². The maximum atomic E-state index is 12.7. The lowest BCUT2D eigenvalue weighted by molar-refractivity contribution is 0.0979. The van der Waals surface area contributed by atoms with Crippen molar-refractivity contribution < 1.29 is 4.79 Å². The average Bonchev–Trinajstić information content (AvgIpc) is 2.58. The van der Waals surface area contributed by atoms with E-state index in [0.717, 1.165) is 32.1 Å². The number of thiocarbonyl (C=S) groups is 1. The number of nitrogens with one attached hydrogen (secondary N) is 2. The van der Waals surface area contributed by atoms with Crippen LogP contribution in [0.1, 0.15) is 27.0 Å². The van der Waals surface area contributed by atoms with Crippen molar-refractivity contribution in [1.82, 2.24) is 5.32 Å². The topological polar surface area (TPSA) is 41.1 Å². The van der Waals surface area contributed by atoms with Gasteiger partial charge in [0.2, 0.25) is 0 Å². The summed E-state index contributed by atoms with van der Waals surface area (Å²) in [5, 5.41) is 8.11. The molecule has 0 spiro atoms. The van der Waals surface area contributed by atoms with Crippen molar-refractivity contribution >= 4 is 55.6 Å². The lowest BCUT2D eigenvalue weighted by atomic mass is 10.0. The molecule has 0 unspecified atom stereocenters. The van der Waals surface area contributed by atoms with Gasteiger partial charge in [0.05, 0.1) is 0 Å². The molecular formula is C21H19BrN2OS. The van der Waals surface area contributed by atoms with Crippen molar-refractivity contribution in [2.24, 2.45) is 0 Å². The van der Waals surface area contributed by atoms with Crippen LogP contribution in [0.25, 0.3) is 10.8 Å². The Morgan fingerprint density at radius 1 is 0.962 bits per heavy atom. The van der Waals surface area contributed by atoms with Crippen LogP contribution in [0.3, 0.4) is 0 Å². The van der Waals surface area contributed by atoms with Crippen LogP contribution in [0.15, 0.2) is 53.0 Å². The van der Waals surface area contributed by atoms with Crippen LogP contribution < -0.4 is 10.6 Å². The summed E-state index contributed by atoms with van der Waals surface area (Å²) in [6.07, 6.45) is 0. The van der Waals surface area contributed by atoms with E-state index in [1.165, 1.54) is 5.56 Å². The molecule has 0 aliphatic carbocycles. The minimum atomic E-state index is -0.228. The number of rotatable bonds is 2. The Morgan fingerprint density at radius 2 is 1.58 bits per heavy atom. The fourth-order valence-electron chi connectivity index (χ4n) is 3.16. The summed E-state index contributed by atoms with van der Waals surface area (Å²) in [6.45, 7) is 6.10. The van der Waals surface area contributed by atoms with Gasteiger partial charge in [-0.3, -0.25) is 10.1 Å². The molecule has 3 rings (SSSR count). The molecule has 0 fully saturated rings. The molecule has 0 saturated heterocycles. The number of carbonyl (C=O) groups excluding carboxylic acids is 1. The van der Waals surface area contributed by atoms with Crippen LogP contribution in [0, 0.1) is 20.8 Å². The summed E-state index contributed by atoms with van der Waals surface area (Å²) in [7, 11) is 0. The standard InChI is InChI=1S/C21H19BrN2OS/c1-12-10-13(2)19(14(3)11-12)23-21(26)24-20(25)17-8-4-7-16-15(17)6-5-9-18(16)22/h4-11H,1-3H3,(H2,23,24,25,26). The fourth-order valence-corrected chi connectivity index (χ4v) is 3.86. The summed E-state index contributed by atoms with van der Waals surface area (Å²) in [5.41, 5.74) is 4.90. The molecule has 3 nitrogen and oxygen atoms in total. The Hall–Kier alpha value is -2.24. The first-order valence-electron chi connectivity index (χ1n) is 8.24. The van der Waals surface area contributed by atoms with Gasteiger partial charge in [0.15, 0.2) is 5.11 Å². The predicted molar refractivity (Wildman–Crippen MR) is 116 cm³/mol. The fraction of sp³-hybridized carbons (Fsp3) is 0.143. The number of benzene rings is 3. The zero-order valence-corrected chi connectivity index (χ0v) is 17.2. The van der Waals surface area contributed by atoms with Gasteiger partial charge in [-0.15, -0.1) is 0 Å². The first-order chi connectivity index (χ1) is 12.4. The van der Waals surface area contributed by atoms with E-state index >= 15 is 0 Å². The predicted octanol–water partition coefficient (Wildman–Crippen LogP) is 5.65. The van der Waals surface area contributed by atoms with Crippen LogP contribution in [0.4, 0.5) is 5.69 Å². The van der Waals surface area contributed by atoms with Gasteiger partial charge in [0.1, 0.15) is 0 Å². The van der Waals surface area contributed by atoms with Crippen molar-refractivity contribution in [2.75, 3.05) is 5.32 Å². The highest BCUT2D eigenvalue weighted by atomic mass is 79.9. The number of fused-ring (bicyclic) bond motifs is 1. The van der Waals surface area contributed by atoms with Gasteiger partial charge in [-0.05, 0) is 67.0 Å². The summed E-state index contributed by atoms with van der Waals surface area (Å²) < 4.78 is 0.955. The maximum absolute atomic E-state index is 12.7. The highest BCUT2D eigenvalue weighted by Gasteiger charge is 2.13. The Balaban J connectivity index is 1.83. The third-order valence-corrected chi connectivity index (χ3v) is 5.15.